The van der Waals surface area contributed by atoms with E-state index in [0.29, 0.717) is 38.5 Å². The molecule has 10 amide bonds. The standard InChI is InChI=1S/C54H92N14O17S/c1-32(2)25-38(46(56)74)65-47(75)34(5)61-50(78)39(26-33(3)4)66-52(80)41(28-45(72)73)67-49(77)37(14-24-86-6)64-53(81)42(29-69)68-48(76)36(13-10-16-60-54(57)58)63-51(79)40(27-35-11-8-7-9-12-35)62-44(71)31-85-30-43(70)59-17-19-83-21-23-84-22-20-82-18-15-55/h7-9,11-12,32-34,36-42,69H,10,13-31,55H2,1-6H3,(H2,56,74)(H,59,70)(H,61,78)(H,62,71)(H,63,79)(H,64,81)(H,65,75)(H,66,80)(H,67,77)(H,68,76)(H,72,73)(H4,57,58,60)/t34-,36-,37-,38-,39-,40-,41-,42-/m0/s1. The molecule has 0 unspecified atom stereocenters. The number of nitrogens with two attached hydrogens (primary N) is 3. The van der Waals surface area contributed by atoms with Gasteiger partial charge in [-0.3, -0.25) is 58.1 Å². The fraction of sp³-hybridized carbons (Fsp3) is 0.667. The summed E-state index contributed by atoms with van der Waals surface area (Å²) in [6.45, 7) is 8.83. The molecule has 0 saturated carbocycles. The Morgan fingerprint density at radius 3 is 1.59 bits per heavy atom. The zero-order valence-electron chi connectivity index (χ0n) is 50.0. The number of benzene rings is 1. The van der Waals surface area contributed by atoms with Crippen molar-refractivity contribution in [3.63, 3.8) is 0 Å². The molecule has 1 aromatic carbocycles. The molecule has 0 spiro atoms. The minimum Gasteiger partial charge on any atom is -0.481 e. The van der Waals surface area contributed by atoms with Crippen molar-refractivity contribution in [1.29, 1.82) is 5.41 Å². The molecular weight excluding hydrogens is 1150 g/mol. The van der Waals surface area contributed by atoms with Gasteiger partial charge in [-0.25, -0.2) is 0 Å². The number of hydrogen-bond donors (Lipinski definition) is 16. The molecule has 86 heavy (non-hydrogen) atoms. The van der Waals surface area contributed by atoms with Crippen LogP contribution < -0.4 is 70.4 Å². The Labute approximate surface area is 505 Å². The van der Waals surface area contributed by atoms with E-state index in [9.17, 15) is 63.0 Å². The Morgan fingerprint density at radius 1 is 0.547 bits per heavy atom. The number of rotatable bonds is 47. The number of guanidine groups is 1. The van der Waals surface area contributed by atoms with Crippen LogP contribution in [0.5, 0.6) is 0 Å². The minimum atomic E-state index is -1.83. The van der Waals surface area contributed by atoms with Crippen molar-refractivity contribution < 1.29 is 81.9 Å². The smallest absolute Gasteiger partial charge is 0.305 e. The third kappa shape index (κ3) is 34.7. The number of primary amides is 1. The van der Waals surface area contributed by atoms with E-state index in [1.54, 1.807) is 50.4 Å². The third-order valence-electron chi connectivity index (χ3n) is 12.1. The molecule has 486 valence electrons. The number of carboxylic acids is 1. The predicted molar refractivity (Wildman–Crippen MR) is 316 cm³/mol. The Balaban J connectivity index is 3.24. The zero-order valence-corrected chi connectivity index (χ0v) is 50.8. The molecule has 0 bridgehead atoms. The summed E-state index contributed by atoms with van der Waals surface area (Å²) in [5.41, 5.74) is 16.9. The lowest BCUT2D eigenvalue weighted by atomic mass is 10.0. The molecule has 1 aromatic rings. The number of amides is 10. The molecule has 0 heterocycles. The molecule has 0 radical (unpaired) electrons. The topological polar surface area (TPSA) is 487 Å². The van der Waals surface area contributed by atoms with Gasteiger partial charge in [-0.1, -0.05) is 58.0 Å². The maximum atomic E-state index is 14.1. The van der Waals surface area contributed by atoms with E-state index < -0.39 is 140 Å². The summed E-state index contributed by atoms with van der Waals surface area (Å²) in [7, 11) is 0. The summed E-state index contributed by atoms with van der Waals surface area (Å²) in [5, 5.41) is 52.7. The van der Waals surface area contributed by atoms with Gasteiger partial charge in [-0.2, -0.15) is 11.8 Å². The number of carbonyl (C=O) groups is 11. The van der Waals surface area contributed by atoms with Gasteiger partial charge < -0.3 is 99.5 Å². The number of carboxylic acid groups (broad SMARTS) is 1. The van der Waals surface area contributed by atoms with Crippen molar-refractivity contribution >= 4 is 82.8 Å². The van der Waals surface area contributed by atoms with Crippen LogP contribution in [0.3, 0.4) is 0 Å². The fourth-order valence-corrected chi connectivity index (χ4v) is 8.28. The number of thioether (sulfide) groups is 1. The second kappa shape index (κ2) is 44.3. The van der Waals surface area contributed by atoms with Gasteiger partial charge >= 0.3 is 5.97 Å². The molecule has 0 aliphatic heterocycles. The fourth-order valence-electron chi connectivity index (χ4n) is 7.81. The molecule has 19 N–H and O–H groups in total. The Hall–Kier alpha value is -7.23. The summed E-state index contributed by atoms with van der Waals surface area (Å²) in [4.78, 5) is 146. The summed E-state index contributed by atoms with van der Waals surface area (Å²) in [5.74, 6) is -10.8. The molecule has 1 rings (SSSR count). The summed E-state index contributed by atoms with van der Waals surface area (Å²) in [6, 6.07) is -3.03. The van der Waals surface area contributed by atoms with Gasteiger partial charge in [0.05, 0.1) is 52.7 Å². The molecular formula is C54H92N14O17S. The normalized spacial score (nSPS) is 13.9. The van der Waals surface area contributed by atoms with E-state index in [4.69, 9.17) is 41.6 Å². The number of nitrogens with one attached hydrogen (secondary N) is 11. The first-order valence-corrected chi connectivity index (χ1v) is 29.6. The van der Waals surface area contributed by atoms with Gasteiger partial charge in [0.15, 0.2) is 5.96 Å². The van der Waals surface area contributed by atoms with E-state index in [1.807, 2.05) is 13.8 Å². The molecule has 0 fully saturated rings. The highest BCUT2D eigenvalue weighted by Gasteiger charge is 2.35. The van der Waals surface area contributed by atoms with Crippen LogP contribution in [0.2, 0.25) is 0 Å². The van der Waals surface area contributed by atoms with Gasteiger partial charge in [-0.05, 0) is 68.4 Å². The Bertz CT molecular complexity index is 2310. The van der Waals surface area contributed by atoms with E-state index >= 15 is 0 Å². The first-order valence-electron chi connectivity index (χ1n) is 28.2. The van der Waals surface area contributed by atoms with Gasteiger partial charge in [0.25, 0.3) is 0 Å². The first-order chi connectivity index (χ1) is 40.8. The zero-order chi connectivity index (χ0) is 64.6. The van der Waals surface area contributed by atoms with Gasteiger partial charge in [0, 0.05) is 26.1 Å². The third-order valence-corrected chi connectivity index (χ3v) is 12.8. The highest BCUT2D eigenvalue weighted by molar-refractivity contribution is 7.98. The second-order valence-corrected chi connectivity index (χ2v) is 21.6. The monoisotopic (exact) mass is 1240 g/mol. The molecule has 8 atom stereocenters. The van der Waals surface area contributed by atoms with Crippen molar-refractivity contribution in [3.05, 3.63) is 35.9 Å². The molecule has 0 aliphatic rings. The van der Waals surface area contributed by atoms with E-state index in [2.05, 4.69) is 53.2 Å². The largest absolute Gasteiger partial charge is 0.481 e. The lowest BCUT2D eigenvalue weighted by Crippen LogP contribution is -2.61. The van der Waals surface area contributed by atoms with Crippen LogP contribution in [-0.4, -0.2) is 221 Å². The Kier molecular flexibility index (Phi) is 39.5. The van der Waals surface area contributed by atoms with Gasteiger partial charge in [-0.15, -0.1) is 0 Å². The molecule has 0 aliphatic carbocycles. The van der Waals surface area contributed by atoms with E-state index in [-0.39, 0.29) is 88.4 Å². The van der Waals surface area contributed by atoms with Crippen LogP contribution in [0.25, 0.3) is 0 Å². The molecule has 32 heteroatoms. The van der Waals surface area contributed by atoms with E-state index in [1.165, 1.54) is 18.7 Å². The highest BCUT2D eigenvalue weighted by atomic mass is 32.2. The second-order valence-electron chi connectivity index (χ2n) is 20.6. The minimum absolute atomic E-state index is 0.00874. The first kappa shape index (κ1) is 76.8. The number of ether oxygens (including phenoxy) is 4. The van der Waals surface area contributed by atoms with Crippen LogP contribution in [0, 0.1) is 17.2 Å². The lowest BCUT2D eigenvalue weighted by Gasteiger charge is -2.27. The summed E-state index contributed by atoms with van der Waals surface area (Å²) < 4.78 is 21.3. The maximum absolute atomic E-state index is 14.1. The number of aliphatic carboxylic acids is 1. The Morgan fingerprint density at radius 2 is 1.03 bits per heavy atom. The van der Waals surface area contributed by atoms with Crippen molar-refractivity contribution in [1.82, 2.24) is 53.2 Å². The SMILES string of the molecule is CSCC[C@H](NC(=O)[C@H](CO)NC(=O)[C@H](CCCNC(=N)N)NC(=O)[C@H](Cc1ccccc1)NC(=O)COCC(=O)NCCOCCOCCOCCN)C(=O)N[C@@H](CC(=O)O)C(=O)N[C@@H](CC(C)C)C(=O)N[C@@H](C)C(=O)N[C@@H](CC(C)C)C(N)=O. The van der Waals surface area contributed by atoms with Gasteiger partial charge in [0.2, 0.25) is 59.1 Å². The lowest BCUT2D eigenvalue weighted by molar-refractivity contribution is -0.141. The highest BCUT2D eigenvalue weighted by Crippen LogP contribution is 2.11. The van der Waals surface area contributed by atoms with Crippen LogP contribution in [0.15, 0.2) is 30.3 Å². The van der Waals surface area contributed by atoms with Crippen LogP contribution >= 0.6 is 11.8 Å². The summed E-state index contributed by atoms with van der Waals surface area (Å²) in [6.07, 6.45) is 0.665. The maximum Gasteiger partial charge on any atom is 0.305 e. The number of aliphatic hydroxyl groups is 1. The van der Waals surface area contributed by atoms with Crippen molar-refractivity contribution in [3.8, 4) is 0 Å². The van der Waals surface area contributed by atoms with Crippen molar-refractivity contribution in [2.45, 2.75) is 128 Å². The van der Waals surface area contributed by atoms with Gasteiger partial charge in [0.1, 0.15) is 61.5 Å². The van der Waals surface area contributed by atoms with E-state index in [0.717, 1.165) is 0 Å². The average Bonchev–Trinajstić information content (AvgIpc) is 3.27. The average molecular weight is 1240 g/mol. The number of hydrogen-bond acceptors (Lipinski definition) is 19. The molecule has 0 aromatic heterocycles. The van der Waals surface area contributed by atoms with Crippen LogP contribution in [0.1, 0.15) is 78.7 Å². The number of carbonyl (C=O) groups excluding carboxylic acids is 10. The van der Waals surface area contributed by atoms with Crippen LogP contribution in [-0.2, 0) is 78.1 Å². The molecule has 0 saturated heterocycles. The molecule has 31 nitrogen and oxygen atoms in total. The van der Waals surface area contributed by atoms with Crippen molar-refractivity contribution in [2.75, 3.05) is 91.1 Å². The van der Waals surface area contributed by atoms with Crippen LogP contribution in [0.4, 0.5) is 0 Å². The van der Waals surface area contributed by atoms with Crippen molar-refractivity contribution in [2.24, 2.45) is 29.0 Å². The summed E-state index contributed by atoms with van der Waals surface area (Å²) >= 11 is 1.26. The predicted octanol–water partition coefficient (Wildman–Crippen LogP) is -4.67. The number of aliphatic hydroxyl groups excluding tert-OH is 1. The quantitative estimate of drug-likeness (QED) is 0.0166.